The molecule has 0 saturated carbocycles. The molecule has 0 aliphatic rings. The molecule has 0 saturated heterocycles. The summed E-state index contributed by atoms with van der Waals surface area (Å²) in [7, 11) is 0. The number of hydrogen-bond donors (Lipinski definition) is 2. The van der Waals surface area contributed by atoms with E-state index in [0.717, 1.165) is 0 Å². The van der Waals surface area contributed by atoms with E-state index in [4.69, 9.17) is 10.5 Å². The Labute approximate surface area is 129 Å². The van der Waals surface area contributed by atoms with E-state index < -0.39 is 18.6 Å². The molecule has 6 nitrogen and oxygen atoms in total. The van der Waals surface area contributed by atoms with Gasteiger partial charge in [0.15, 0.2) is 0 Å². The highest BCUT2D eigenvalue weighted by molar-refractivity contribution is 5.83. The first-order valence-corrected chi connectivity index (χ1v) is 6.35. The van der Waals surface area contributed by atoms with Gasteiger partial charge in [-0.05, 0) is 6.07 Å². The maximum Gasteiger partial charge on any atom is 0.272 e. The van der Waals surface area contributed by atoms with Crippen molar-refractivity contribution >= 4 is 5.82 Å². The molecule has 0 aliphatic carbocycles. The highest BCUT2D eigenvalue weighted by Gasteiger charge is 2.21. The lowest BCUT2D eigenvalue weighted by atomic mass is 9.96. The number of para-hydroxylation sites is 1. The van der Waals surface area contributed by atoms with Crippen LogP contribution in [-0.2, 0) is 0 Å². The Morgan fingerprint density at radius 3 is 2.48 bits per heavy atom. The second-order valence-corrected chi connectivity index (χ2v) is 4.41. The summed E-state index contributed by atoms with van der Waals surface area (Å²) < 4.78 is 29.7. The van der Waals surface area contributed by atoms with E-state index in [1.54, 1.807) is 24.3 Å². The number of halogens is 2. The van der Waals surface area contributed by atoms with E-state index in [2.05, 4.69) is 4.98 Å². The number of aromatic amines is 1. The van der Waals surface area contributed by atoms with Crippen LogP contribution in [0.15, 0.2) is 29.1 Å². The minimum absolute atomic E-state index is 0.0193. The van der Waals surface area contributed by atoms with E-state index in [1.807, 2.05) is 0 Å². The van der Waals surface area contributed by atoms with Crippen LogP contribution in [0.1, 0.15) is 11.1 Å². The summed E-state index contributed by atoms with van der Waals surface area (Å²) in [5.41, 5.74) is 4.49. The van der Waals surface area contributed by atoms with Gasteiger partial charge in [-0.3, -0.25) is 4.79 Å². The summed E-state index contributed by atoms with van der Waals surface area (Å²) in [6.45, 7) is -0.862. The average molecular weight is 316 g/mol. The number of aromatic nitrogens is 1. The summed E-state index contributed by atoms with van der Waals surface area (Å²) in [6.07, 6.45) is -2.70. The molecule has 0 aliphatic heterocycles. The standard InChI is InChI=1S/C15H10F2N4O2/c16-12(17)7-23-11-4-2-1-3-8(11)13-9(5-18)14(20)21-15(22)10(13)6-19/h1-4,12H,7H2,(H3,20,21,22). The highest BCUT2D eigenvalue weighted by Crippen LogP contribution is 2.35. The SMILES string of the molecule is N#Cc1c(N)[nH]c(=O)c(C#N)c1-c1ccccc1OCC(F)F. The van der Waals surface area contributed by atoms with Crippen LogP contribution in [0, 0.1) is 22.7 Å². The molecule has 0 unspecified atom stereocenters. The Balaban J connectivity index is 2.75. The van der Waals surface area contributed by atoms with Crippen LogP contribution in [-0.4, -0.2) is 18.0 Å². The van der Waals surface area contributed by atoms with Gasteiger partial charge in [0.2, 0.25) is 0 Å². The van der Waals surface area contributed by atoms with E-state index in [-0.39, 0.29) is 33.8 Å². The third-order valence-corrected chi connectivity index (χ3v) is 2.99. The van der Waals surface area contributed by atoms with Crippen molar-refractivity contribution in [1.29, 1.82) is 10.5 Å². The molecule has 0 amide bonds. The number of pyridine rings is 1. The minimum Gasteiger partial charge on any atom is -0.487 e. The summed E-state index contributed by atoms with van der Waals surface area (Å²) in [6, 6.07) is 9.46. The number of rotatable bonds is 4. The van der Waals surface area contributed by atoms with Crippen molar-refractivity contribution in [3.05, 3.63) is 45.7 Å². The number of nitriles is 2. The van der Waals surface area contributed by atoms with Crippen LogP contribution in [0.4, 0.5) is 14.6 Å². The number of hydrogen-bond acceptors (Lipinski definition) is 5. The molecule has 116 valence electrons. The Kier molecular flexibility index (Phi) is 4.58. The zero-order valence-corrected chi connectivity index (χ0v) is 11.6. The number of alkyl halides is 2. The van der Waals surface area contributed by atoms with E-state index >= 15 is 0 Å². The highest BCUT2D eigenvalue weighted by atomic mass is 19.3. The number of anilines is 1. The number of nitrogens with one attached hydrogen (secondary N) is 1. The number of H-pyrrole nitrogens is 1. The molecule has 0 radical (unpaired) electrons. The first-order valence-electron chi connectivity index (χ1n) is 6.35. The zero-order chi connectivity index (χ0) is 17.0. The molecular weight excluding hydrogens is 306 g/mol. The normalized spacial score (nSPS) is 10.1. The van der Waals surface area contributed by atoms with Crippen LogP contribution >= 0.6 is 0 Å². The fourth-order valence-corrected chi connectivity index (χ4v) is 2.06. The second kappa shape index (κ2) is 6.58. The maximum absolute atomic E-state index is 12.4. The Bertz CT molecular complexity index is 879. The molecule has 0 spiro atoms. The van der Waals surface area contributed by atoms with Crippen LogP contribution in [0.5, 0.6) is 5.75 Å². The van der Waals surface area contributed by atoms with Crippen molar-refractivity contribution in [2.24, 2.45) is 0 Å². The molecule has 1 heterocycles. The smallest absolute Gasteiger partial charge is 0.272 e. The number of benzene rings is 1. The number of nitrogens with two attached hydrogens (primary N) is 1. The Hall–Kier alpha value is -3.39. The lowest BCUT2D eigenvalue weighted by Crippen LogP contribution is -2.17. The lowest BCUT2D eigenvalue weighted by molar-refractivity contribution is 0.0822. The molecule has 2 rings (SSSR count). The molecule has 1 aromatic carbocycles. The van der Waals surface area contributed by atoms with Crippen LogP contribution in [0.2, 0.25) is 0 Å². The van der Waals surface area contributed by atoms with Crippen LogP contribution < -0.4 is 16.0 Å². The van der Waals surface area contributed by atoms with Gasteiger partial charge >= 0.3 is 0 Å². The van der Waals surface area contributed by atoms with Gasteiger partial charge in [0.1, 0.15) is 41.4 Å². The molecule has 3 N–H and O–H groups in total. The lowest BCUT2D eigenvalue weighted by Gasteiger charge is -2.14. The van der Waals surface area contributed by atoms with Crippen LogP contribution in [0.3, 0.4) is 0 Å². The average Bonchev–Trinajstić information content (AvgIpc) is 2.52. The first kappa shape index (κ1) is 16.0. The molecule has 2 aromatic rings. The third-order valence-electron chi connectivity index (χ3n) is 2.99. The quantitative estimate of drug-likeness (QED) is 0.895. The van der Waals surface area contributed by atoms with E-state index in [9.17, 15) is 24.1 Å². The van der Waals surface area contributed by atoms with Gasteiger partial charge in [0, 0.05) is 11.1 Å². The molecule has 0 atom stereocenters. The Morgan fingerprint density at radius 1 is 1.22 bits per heavy atom. The molecule has 23 heavy (non-hydrogen) atoms. The van der Waals surface area contributed by atoms with Gasteiger partial charge in [-0.15, -0.1) is 0 Å². The summed E-state index contributed by atoms with van der Waals surface area (Å²) in [5, 5.41) is 18.5. The molecule has 1 aromatic heterocycles. The van der Waals surface area contributed by atoms with Crippen molar-refractivity contribution in [2.45, 2.75) is 6.43 Å². The van der Waals surface area contributed by atoms with Gasteiger partial charge in [-0.1, -0.05) is 18.2 Å². The minimum atomic E-state index is -2.70. The monoisotopic (exact) mass is 316 g/mol. The summed E-state index contributed by atoms with van der Waals surface area (Å²) in [4.78, 5) is 14.1. The van der Waals surface area contributed by atoms with E-state index in [1.165, 1.54) is 12.1 Å². The fourth-order valence-electron chi connectivity index (χ4n) is 2.06. The van der Waals surface area contributed by atoms with Crippen molar-refractivity contribution in [2.75, 3.05) is 12.3 Å². The van der Waals surface area contributed by atoms with Crippen molar-refractivity contribution in [3.63, 3.8) is 0 Å². The summed E-state index contributed by atoms with van der Waals surface area (Å²) in [5.74, 6) is -0.194. The molecule has 0 fully saturated rings. The van der Waals surface area contributed by atoms with E-state index in [0.29, 0.717) is 0 Å². The van der Waals surface area contributed by atoms with Crippen molar-refractivity contribution < 1.29 is 13.5 Å². The van der Waals surface area contributed by atoms with Crippen molar-refractivity contribution in [1.82, 2.24) is 4.98 Å². The number of ether oxygens (including phenoxy) is 1. The topological polar surface area (TPSA) is 116 Å². The Morgan fingerprint density at radius 2 is 1.87 bits per heavy atom. The van der Waals surface area contributed by atoms with Gasteiger partial charge < -0.3 is 15.5 Å². The predicted octanol–water partition coefficient (Wildman–Crippen LogP) is 2.01. The molecule has 8 heteroatoms. The number of nitrogens with zero attached hydrogens (tertiary/aromatic N) is 2. The zero-order valence-electron chi connectivity index (χ0n) is 11.6. The van der Waals surface area contributed by atoms with Gasteiger partial charge in [-0.25, -0.2) is 8.78 Å². The predicted molar refractivity (Wildman–Crippen MR) is 77.8 cm³/mol. The molecule has 0 bridgehead atoms. The maximum atomic E-state index is 12.4. The van der Waals surface area contributed by atoms with Gasteiger partial charge in [0.05, 0.1) is 0 Å². The third kappa shape index (κ3) is 3.11. The molecular formula is C15H10F2N4O2. The number of nitrogen functional groups attached to an aromatic ring is 1. The second-order valence-electron chi connectivity index (χ2n) is 4.41. The van der Waals surface area contributed by atoms with Gasteiger partial charge in [0.25, 0.3) is 12.0 Å². The first-order chi connectivity index (χ1) is 11.0. The summed E-state index contributed by atoms with van der Waals surface area (Å²) >= 11 is 0. The van der Waals surface area contributed by atoms with Gasteiger partial charge in [-0.2, -0.15) is 10.5 Å². The fraction of sp³-hybridized carbons (Fsp3) is 0.133. The largest absolute Gasteiger partial charge is 0.487 e. The van der Waals surface area contributed by atoms with Crippen molar-refractivity contribution in [3.8, 4) is 29.0 Å². The van der Waals surface area contributed by atoms with Crippen LogP contribution in [0.25, 0.3) is 11.1 Å².